The maximum Gasteiger partial charge on any atom is 0.303 e. The second-order valence-electron chi connectivity index (χ2n) is 5.00. The minimum atomic E-state index is -0.807. The van der Waals surface area contributed by atoms with Crippen LogP contribution in [0.25, 0.3) is 0 Å². The Labute approximate surface area is 119 Å². The van der Waals surface area contributed by atoms with Crippen LogP contribution in [0.2, 0.25) is 0 Å². The summed E-state index contributed by atoms with van der Waals surface area (Å²) >= 11 is 3.26. The zero-order valence-corrected chi connectivity index (χ0v) is 11.9. The van der Waals surface area contributed by atoms with Crippen LogP contribution in [0.3, 0.4) is 0 Å². The van der Waals surface area contributed by atoms with Crippen molar-refractivity contribution in [2.24, 2.45) is 5.41 Å². The van der Waals surface area contributed by atoms with Crippen molar-refractivity contribution in [1.82, 2.24) is 10.3 Å². The molecule has 0 atom stereocenters. The van der Waals surface area contributed by atoms with Crippen LogP contribution in [-0.4, -0.2) is 28.5 Å². The molecule has 0 aromatic carbocycles. The van der Waals surface area contributed by atoms with Crippen LogP contribution < -0.4 is 5.32 Å². The molecule has 6 heteroatoms. The third-order valence-corrected chi connectivity index (χ3v) is 3.97. The van der Waals surface area contributed by atoms with Crippen molar-refractivity contribution < 1.29 is 14.7 Å². The molecule has 1 aliphatic carbocycles. The number of aliphatic carboxylic acids is 1. The summed E-state index contributed by atoms with van der Waals surface area (Å²) in [5.74, 6) is -1.02. The van der Waals surface area contributed by atoms with E-state index in [-0.39, 0.29) is 17.7 Å². The number of carbonyl (C=O) groups excluding carboxylic acids is 1. The molecule has 0 unspecified atom stereocenters. The molecule has 1 aromatic heterocycles. The first kappa shape index (κ1) is 14.0. The second kappa shape index (κ2) is 5.69. The Morgan fingerprint density at radius 2 is 2.16 bits per heavy atom. The molecular formula is C13H15BrN2O3. The maximum atomic E-state index is 12.0. The number of carbonyl (C=O) groups is 2. The highest BCUT2D eigenvalue weighted by atomic mass is 79.9. The van der Waals surface area contributed by atoms with E-state index >= 15 is 0 Å². The van der Waals surface area contributed by atoms with Crippen molar-refractivity contribution >= 4 is 27.8 Å². The first-order chi connectivity index (χ1) is 9.01. The van der Waals surface area contributed by atoms with Crippen LogP contribution in [0.5, 0.6) is 0 Å². The summed E-state index contributed by atoms with van der Waals surface area (Å²) in [6.45, 7) is 0.407. The summed E-state index contributed by atoms with van der Waals surface area (Å²) in [6, 6.07) is 1.69. The Balaban J connectivity index is 1.94. The molecule has 1 fully saturated rings. The lowest BCUT2D eigenvalue weighted by atomic mass is 9.66. The van der Waals surface area contributed by atoms with Gasteiger partial charge in [0.05, 0.1) is 12.0 Å². The van der Waals surface area contributed by atoms with Crippen LogP contribution in [0.1, 0.15) is 36.0 Å². The number of aromatic nitrogens is 1. The summed E-state index contributed by atoms with van der Waals surface area (Å²) in [5.41, 5.74) is 0.208. The fourth-order valence-electron chi connectivity index (χ4n) is 2.32. The number of nitrogens with zero attached hydrogens (tertiary/aromatic N) is 1. The number of hydrogen-bond donors (Lipinski definition) is 2. The van der Waals surface area contributed by atoms with Crippen LogP contribution >= 0.6 is 15.9 Å². The van der Waals surface area contributed by atoms with E-state index in [1.165, 1.54) is 6.20 Å². The second-order valence-corrected chi connectivity index (χ2v) is 5.91. The fourth-order valence-corrected chi connectivity index (χ4v) is 2.68. The lowest BCUT2D eigenvalue weighted by Gasteiger charge is -2.40. The Bertz CT molecular complexity index is 500. The lowest BCUT2D eigenvalue weighted by Crippen LogP contribution is -2.43. The van der Waals surface area contributed by atoms with Gasteiger partial charge >= 0.3 is 5.97 Å². The van der Waals surface area contributed by atoms with E-state index in [2.05, 4.69) is 26.2 Å². The zero-order valence-electron chi connectivity index (χ0n) is 10.4. The molecule has 0 radical (unpaired) electrons. The molecule has 0 bridgehead atoms. The highest BCUT2D eigenvalue weighted by Gasteiger charge is 2.39. The van der Waals surface area contributed by atoms with Gasteiger partial charge in [-0.15, -0.1) is 0 Å². The van der Waals surface area contributed by atoms with Crippen molar-refractivity contribution in [3.05, 3.63) is 28.5 Å². The van der Waals surface area contributed by atoms with Crippen LogP contribution in [0, 0.1) is 5.41 Å². The summed E-state index contributed by atoms with van der Waals surface area (Å²) in [6.07, 6.45) is 5.96. The first-order valence-corrected chi connectivity index (χ1v) is 6.91. The number of carboxylic acids is 1. The molecule has 102 valence electrons. The number of hydrogen-bond acceptors (Lipinski definition) is 3. The van der Waals surface area contributed by atoms with Gasteiger partial charge in [-0.2, -0.15) is 0 Å². The summed E-state index contributed by atoms with van der Waals surface area (Å²) in [5, 5.41) is 11.7. The lowest BCUT2D eigenvalue weighted by molar-refractivity contribution is -0.141. The largest absolute Gasteiger partial charge is 0.481 e. The number of amides is 1. The molecule has 0 saturated heterocycles. The first-order valence-electron chi connectivity index (χ1n) is 6.11. The van der Waals surface area contributed by atoms with E-state index < -0.39 is 5.97 Å². The smallest absolute Gasteiger partial charge is 0.303 e. The van der Waals surface area contributed by atoms with Gasteiger partial charge in [0, 0.05) is 23.4 Å². The SMILES string of the molecule is O=C(O)CC1(CNC(=O)c2cncc(Br)c2)CCC1. The van der Waals surface area contributed by atoms with Crippen LogP contribution in [0.15, 0.2) is 22.9 Å². The Hall–Kier alpha value is -1.43. The fraction of sp³-hybridized carbons (Fsp3) is 0.462. The van der Waals surface area contributed by atoms with E-state index in [9.17, 15) is 9.59 Å². The highest BCUT2D eigenvalue weighted by Crippen LogP contribution is 2.43. The molecule has 5 nitrogen and oxygen atoms in total. The Morgan fingerprint density at radius 3 is 2.68 bits per heavy atom. The molecule has 1 aromatic rings. The minimum Gasteiger partial charge on any atom is -0.481 e. The number of nitrogens with one attached hydrogen (secondary N) is 1. The average molecular weight is 327 g/mol. The standard InChI is InChI=1S/C13H15BrN2O3/c14-10-4-9(6-15-7-10)12(19)16-8-13(2-1-3-13)5-11(17)18/h4,6-7H,1-3,5,8H2,(H,16,19)(H,17,18). The van der Waals surface area contributed by atoms with Crippen molar-refractivity contribution in [3.63, 3.8) is 0 Å². The number of halogens is 1. The zero-order chi connectivity index (χ0) is 13.9. The van der Waals surface area contributed by atoms with Crippen LogP contribution in [-0.2, 0) is 4.79 Å². The van der Waals surface area contributed by atoms with E-state index in [4.69, 9.17) is 5.11 Å². The summed E-state index contributed by atoms with van der Waals surface area (Å²) in [4.78, 5) is 26.7. The van der Waals surface area contributed by atoms with E-state index in [1.54, 1.807) is 12.3 Å². The highest BCUT2D eigenvalue weighted by molar-refractivity contribution is 9.10. The predicted octanol–water partition coefficient (Wildman–Crippen LogP) is 2.22. The molecule has 1 heterocycles. The normalized spacial score (nSPS) is 16.5. The average Bonchev–Trinajstić information content (AvgIpc) is 2.31. The third-order valence-electron chi connectivity index (χ3n) is 3.53. The molecule has 1 aliphatic rings. The molecule has 0 spiro atoms. The number of rotatable bonds is 5. The van der Waals surface area contributed by atoms with Crippen LogP contribution in [0.4, 0.5) is 0 Å². The van der Waals surface area contributed by atoms with Gasteiger partial charge in [-0.25, -0.2) is 0 Å². The third kappa shape index (κ3) is 3.53. The van der Waals surface area contributed by atoms with Gasteiger partial charge in [-0.05, 0) is 40.3 Å². The van der Waals surface area contributed by atoms with Crippen molar-refractivity contribution in [2.45, 2.75) is 25.7 Å². The summed E-state index contributed by atoms with van der Waals surface area (Å²) < 4.78 is 0.740. The quantitative estimate of drug-likeness (QED) is 0.869. The molecule has 2 N–H and O–H groups in total. The van der Waals surface area contributed by atoms with E-state index in [0.717, 1.165) is 23.7 Å². The number of pyridine rings is 1. The molecule has 19 heavy (non-hydrogen) atoms. The van der Waals surface area contributed by atoms with Gasteiger partial charge in [0.25, 0.3) is 5.91 Å². The van der Waals surface area contributed by atoms with E-state index in [1.807, 2.05) is 0 Å². The van der Waals surface area contributed by atoms with Gasteiger partial charge in [0.2, 0.25) is 0 Å². The molecule has 2 rings (SSSR count). The monoisotopic (exact) mass is 326 g/mol. The topological polar surface area (TPSA) is 79.3 Å². The molecule has 1 saturated carbocycles. The van der Waals surface area contributed by atoms with Crippen molar-refractivity contribution in [2.75, 3.05) is 6.54 Å². The van der Waals surface area contributed by atoms with E-state index in [0.29, 0.717) is 12.1 Å². The van der Waals surface area contributed by atoms with Gasteiger partial charge in [0.15, 0.2) is 0 Å². The van der Waals surface area contributed by atoms with Crippen molar-refractivity contribution in [3.8, 4) is 0 Å². The van der Waals surface area contributed by atoms with Gasteiger partial charge in [0.1, 0.15) is 0 Å². The van der Waals surface area contributed by atoms with Gasteiger partial charge in [-0.1, -0.05) is 6.42 Å². The summed E-state index contributed by atoms with van der Waals surface area (Å²) in [7, 11) is 0. The Kier molecular flexibility index (Phi) is 4.19. The molecular weight excluding hydrogens is 312 g/mol. The van der Waals surface area contributed by atoms with Gasteiger partial charge in [-0.3, -0.25) is 14.6 Å². The number of carboxylic acid groups (broad SMARTS) is 1. The minimum absolute atomic E-state index is 0.115. The maximum absolute atomic E-state index is 12.0. The molecule has 0 aliphatic heterocycles. The molecule has 1 amide bonds. The Morgan fingerprint density at radius 1 is 1.42 bits per heavy atom. The predicted molar refractivity (Wildman–Crippen MR) is 72.8 cm³/mol. The van der Waals surface area contributed by atoms with Crippen molar-refractivity contribution in [1.29, 1.82) is 0 Å². The van der Waals surface area contributed by atoms with Gasteiger partial charge < -0.3 is 10.4 Å².